The molecule has 0 aliphatic carbocycles. The number of hydrogen-bond acceptors (Lipinski definition) is 1. The summed E-state index contributed by atoms with van der Waals surface area (Å²) in [5, 5.41) is 11.9. The first-order valence-electron chi connectivity index (χ1n) is 11.4. The molecule has 0 bridgehead atoms. The molecular formula is C32H19N3. The van der Waals surface area contributed by atoms with Crippen LogP contribution in [0.25, 0.3) is 54.6 Å². The summed E-state index contributed by atoms with van der Waals surface area (Å²) >= 11 is 0. The van der Waals surface area contributed by atoms with E-state index in [1.165, 1.54) is 0 Å². The molecule has 0 radical (unpaired) electrons. The van der Waals surface area contributed by atoms with Gasteiger partial charge in [0.15, 0.2) is 5.69 Å². The predicted molar refractivity (Wildman–Crippen MR) is 143 cm³/mol. The Kier molecular flexibility index (Phi) is 4.88. The third-order valence-corrected chi connectivity index (χ3v) is 6.47. The quantitative estimate of drug-likeness (QED) is 0.251. The number of nitriles is 1. The number of hydrogen-bond donors (Lipinski definition) is 0. The minimum atomic E-state index is 0.488. The summed E-state index contributed by atoms with van der Waals surface area (Å²) < 4.78 is 2.31. The molecule has 0 N–H and O–H groups in total. The van der Waals surface area contributed by atoms with Gasteiger partial charge >= 0.3 is 0 Å². The van der Waals surface area contributed by atoms with Crippen molar-refractivity contribution in [3.63, 3.8) is 0 Å². The lowest BCUT2D eigenvalue weighted by molar-refractivity contribution is 1.18. The highest BCUT2D eigenvalue weighted by Gasteiger charge is 2.17. The van der Waals surface area contributed by atoms with E-state index in [-0.39, 0.29) is 0 Å². The zero-order chi connectivity index (χ0) is 23.8. The molecule has 0 saturated carbocycles. The average Bonchev–Trinajstić information content (AvgIpc) is 3.26. The van der Waals surface area contributed by atoms with Crippen molar-refractivity contribution in [3.05, 3.63) is 132 Å². The first-order valence-corrected chi connectivity index (χ1v) is 11.4. The topological polar surface area (TPSA) is 33.1 Å². The standard InChI is InChI=1S/C32H19N3/c1-34-28-15-9-12-24(21-33)32(28)23-18-19-31-27(20-23)26-14-6-8-17-30(26)35(31)29-16-7-5-13-25(29)22-10-3-2-4-11-22/h2-20H. The maximum Gasteiger partial charge on any atom is 0.196 e. The molecule has 0 saturated heterocycles. The average molecular weight is 446 g/mol. The second kappa shape index (κ2) is 8.34. The van der Waals surface area contributed by atoms with Gasteiger partial charge in [-0.15, -0.1) is 0 Å². The van der Waals surface area contributed by atoms with Crippen molar-refractivity contribution >= 4 is 27.5 Å². The number of aromatic nitrogens is 1. The van der Waals surface area contributed by atoms with Gasteiger partial charge in [0, 0.05) is 27.5 Å². The molecule has 0 unspecified atom stereocenters. The van der Waals surface area contributed by atoms with Crippen LogP contribution >= 0.6 is 0 Å². The molecule has 6 aromatic rings. The van der Waals surface area contributed by atoms with Crippen LogP contribution in [0.2, 0.25) is 0 Å². The van der Waals surface area contributed by atoms with Crippen molar-refractivity contribution in [3.8, 4) is 34.0 Å². The smallest absolute Gasteiger partial charge is 0.196 e. The maximum absolute atomic E-state index is 9.72. The van der Waals surface area contributed by atoms with Crippen molar-refractivity contribution in [1.29, 1.82) is 5.26 Å². The van der Waals surface area contributed by atoms with E-state index in [0.717, 1.165) is 44.2 Å². The fraction of sp³-hybridized carbons (Fsp3) is 0. The molecule has 1 heterocycles. The zero-order valence-electron chi connectivity index (χ0n) is 18.8. The van der Waals surface area contributed by atoms with Crippen LogP contribution in [0.1, 0.15) is 5.56 Å². The molecule has 6 rings (SSSR count). The Labute approximate surface area is 203 Å². The van der Waals surface area contributed by atoms with Crippen molar-refractivity contribution in [2.75, 3.05) is 0 Å². The zero-order valence-corrected chi connectivity index (χ0v) is 18.8. The number of fused-ring (bicyclic) bond motifs is 3. The van der Waals surface area contributed by atoms with Gasteiger partial charge in [-0.25, -0.2) is 4.85 Å². The Morgan fingerprint density at radius 2 is 1.40 bits per heavy atom. The first kappa shape index (κ1) is 20.5. The van der Waals surface area contributed by atoms with Gasteiger partial charge in [0.25, 0.3) is 0 Å². The van der Waals surface area contributed by atoms with Gasteiger partial charge in [-0.1, -0.05) is 84.9 Å². The summed E-state index contributed by atoms with van der Waals surface area (Å²) in [6, 6.07) is 41.1. The SMILES string of the molecule is [C-]#[N+]c1cccc(C#N)c1-c1ccc2c(c1)c1ccccc1n2-c1ccccc1-c1ccccc1. The Balaban J connectivity index is 1.68. The molecule has 162 valence electrons. The lowest BCUT2D eigenvalue weighted by atomic mass is 9.97. The third kappa shape index (κ3) is 3.27. The minimum absolute atomic E-state index is 0.488. The number of benzene rings is 5. The normalized spacial score (nSPS) is 10.8. The Bertz CT molecular complexity index is 1780. The molecule has 5 aromatic carbocycles. The fourth-order valence-electron chi connectivity index (χ4n) is 4.95. The number of nitrogens with zero attached hydrogens (tertiary/aromatic N) is 3. The van der Waals surface area contributed by atoms with E-state index in [2.05, 4.69) is 100 Å². The number of para-hydroxylation sites is 2. The highest BCUT2D eigenvalue weighted by molar-refractivity contribution is 6.11. The van der Waals surface area contributed by atoms with E-state index < -0.39 is 0 Å². The van der Waals surface area contributed by atoms with Crippen molar-refractivity contribution in [2.24, 2.45) is 0 Å². The van der Waals surface area contributed by atoms with Gasteiger partial charge in [-0.05, 0) is 41.5 Å². The van der Waals surface area contributed by atoms with Gasteiger partial charge in [-0.2, -0.15) is 5.26 Å². The molecule has 0 spiro atoms. The van der Waals surface area contributed by atoms with Crippen LogP contribution in [-0.4, -0.2) is 4.57 Å². The second-order valence-corrected chi connectivity index (χ2v) is 8.39. The van der Waals surface area contributed by atoms with Crippen molar-refractivity contribution in [2.45, 2.75) is 0 Å². The van der Waals surface area contributed by atoms with Gasteiger partial charge in [-0.3, -0.25) is 0 Å². The van der Waals surface area contributed by atoms with E-state index in [1.54, 1.807) is 18.2 Å². The van der Waals surface area contributed by atoms with Gasteiger partial charge < -0.3 is 4.57 Å². The van der Waals surface area contributed by atoms with E-state index >= 15 is 0 Å². The van der Waals surface area contributed by atoms with E-state index in [9.17, 15) is 5.26 Å². The molecule has 0 amide bonds. The molecule has 0 aliphatic heterocycles. The van der Waals surface area contributed by atoms with Gasteiger partial charge in [0.05, 0.1) is 29.4 Å². The van der Waals surface area contributed by atoms with Gasteiger partial charge in [0.2, 0.25) is 0 Å². The minimum Gasteiger partial charge on any atom is -0.309 e. The predicted octanol–water partition coefficient (Wildman–Crippen LogP) is 8.54. The highest BCUT2D eigenvalue weighted by Crippen LogP contribution is 2.40. The largest absolute Gasteiger partial charge is 0.309 e. The highest BCUT2D eigenvalue weighted by atomic mass is 15.0. The molecule has 35 heavy (non-hydrogen) atoms. The van der Waals surface area contributed by atoms with Crippen LogP contribution in [0.5, 0.6) is 0 Å². The molecule has 0 atom stereocenters. The molecule has 3 nitrogen and oxygen atoms in total. The molecule has 1 aromatic heterocycles. The lowest BCUT2D eigenvalue weighted by Crippen LogP contribution is -1.97. The lowest BCUT2D eigenvalue weighted by Gasteiger charge is -2.14. The summed E-state index contributed by atoms with van der Waals surface area (Å²) in [5.74, 6) is 0. The van der Waals surface area contributed by atoms with Crippen LogP contribution < -0.4 is 0 Å². The van der Waals surface area contributed by atoms with Crippen molar-refractivity contribution in [1.82, 2.24) is 4.57 Å². The van der Waals surface area contributed by atoms with Gasteiger partial charge in [0.1, 0.15) is 0 Å². The Morgan fingerprint density at radius 3 is 2.23 bits per heavy atom. The monoisotopic (exact) mass is 445 g/mol. The van der Waals surface area contributed by atoms with Crippen LogP contribution in [-0.2, 0) is 0 Å². The van der Waals surface area contributed by atoms with Crippen LogP contribution in [0.3, 0.4) is 0 Å². The summed E-state index contributed by atoms with van der Waals surface area (Å²) in [5.41, 5.74) is 8.18. The van der Waals surface area contributed by atoms with E-state index in [1.807, 2.05) is 12.1 Å². The van der Waals surface area contributed by atoms with E-state index in [4.69, 9.17) is 6.57 Å². The Morgan fingerprint density at radius 1 is 0.657 bits per heavy atom. The molecule has 0 fully saturated rings. The second-order valence-electron chi connectivity index (χ2n) is 8.39. The van der Waals surface area contributed by atoms with E-state index in [0.29, 0.717) is 16.8 Å². The van der Waals surface area contributed by atoms with Crippen LogP contribution in [0, 0.1) is 17.9 Å². The summed E-state index contributed by atoms with van der Waals surface area (Å²) in [6.07, 6.45) is 0. The first-order chi connectivity index (χ1) is 17.3. The summed E-state index contributed by atoms with van der Waals surface area (Å²) in [7, 11) is 0. The fourth-order valence-corrected chi connectivity index (χ4v) is 4.95. The summed E-state index contributed by atoms with van der Waals surface area (Å²) in [6.45, 7) is 7.63. The van der Waals surface area contributed by atoms with Crippen LogP contribution in [0.15, 0.2) is 115 Å². The summed E-state index contributed by atoms with van der Waals surface area (Å²) in [4.78, 5) is 3.69. The molecular weight excluding hydrogens is 426 g/mol. The molecule has 3 heteroatoms. The third-order valence-electron chi connectivity index (χ3n) is 6.47. The van der Waals surface area contributed by atoms with Crippen LogP contribution in [0.4, 0.5) is 5.69 Å². The number of rotatable bonds is 3. The Hall–Kier alpha value is -5.12. The maximum atomic E-state index is 9.72. The molecule has 0 aliphatic rings. The van der Waals surface area contributed by atoms with Crippen molar-refractivity contribution < 1.29 is 0 Å².